The second kappa shape index (κ2) is 10.9. The number of carbonyl (C=O) groups excluding carboxylic acids is 1. The molecule has 0 saturated heterocycles. The highest BCUT2D eigenvalue weighted by Crippen LogP contribution is 2.49. The number of benzene rings is 2. The largest absolute Gasteiger partial charge is 0.494 e. The number of rotatable bonds is 10. The first-order chi connectivity index (χ1) is 17.1. The molecule has 0 aliphatic heterocycles. The van der Waals surface area contributed by atoms with Gasteiger partial charge in [0.25, 0.3) is 0 Å². The van der Waals surface area contributed by atoms with Gasteiger partial charge in [-0.15, -0.1) is 10.2 Å². The van der Waals surface area contributed by atoms with Crippen molar-refractivity contribution in [1.82, 2.24) is 20.1 Å². The average molecular weight is 491 g/mol. The Kier molecular flexibility index (Phi) is 7.42. The Morgan fingerprint density at radius 2 is 1.91 bits per heavy atom. The first-order valence-electron chi connectivity index (χ1n) is 12.7. The summed E-state index contributed by atoms with van der Waals surface area (Å²) in [7, 11) is 0. The Balaban J connectivity index is 1.29. The second-order valence-corrected chi connectivity index (χ2v) is 10.7. The van der Waals surface area contributed by atoms with Crippen LogP contribution in [0.1, 0.15) is 50.9 Å². The number of hydrogen-bond donors (Lipinski definition) is 1. The summed E-state index contributed by atoms with van der Waals surface area (Å²) in [6.45, 7) is 4.78. The lowest BCUT2D eigenvalue weighted by molar-refractivity contribution is -0.119. The molecule has 2 aliphatic carbocycles. The lowest BCUT2D eigenvalue weighted by Gasteiger charge is -2.28. The van der Waals surface area contributed by atoms with Gasteiger partial charge in [-0.25, -0.2) is 0 Å². The fraction of sp³-hybridized carbons (Fsp3) is 0.464. The Morgan fingerprint density at radius 1 is 1.11 bits per heavy atom. The molecule has 1 aromatic heterocycles. The molecule has 0 unspecified atom stereocenters. The molecular weight excluding hydrogens is 456 g/mol. The summed E-state index contributed by atoms with van der Waals surface area (Å²) in [4.78, 5) is 12.8. The molecule has 1 N–H and O–H groups in total. The molecule has 0 spiro atoms. The van der Waals surface area contributed by atoms with Gasteiger partial charge in [-0.2, -0.15) is 0 Å². The molecule has 5 rings (SSSR count). The van der Waals surface area contributed by atoms with Crippen LogP contribution < -0.4 is 10.1 Å². The molecule has 2 fully saturated rings. The van der Waals surface area contributed by atoms with Crippen LogP contribution >= 0.6 is 11.8 Å². The zero-order valence-electron chi connectivity index (χ0n) is 20.5. The van der Waals surface area contributed by atoms with E-state index in [-0.39, 0.29) is 11.9 Å². The number of amides is 1. The van der Waals surface area contributed by atoms with E-state index in [9.17, 15) is 4.79 Å². The molecule has 1 heterocycles. The molecule has 7 heteroatoms. The number of nitrogens with one attached hydrogen (secondary N) is 1. The molecule has 3 aromatic rings. The summed E-state index contributed by atoms with van der Waals surface area (Å²) >= 11 is 1.44. The fourth-order valence-corrected chi connectivity index (χ4v) is 6.63. The standard InChI is InChI=1S/C28H34N4O2S/c1-3-34-24-13-11-23(12-14-24)32-26(17-20-7-5-4-6-8-20)30-31-28(32)35-18-27(33)29-19(2)25-16-21-9-10-22(25)15-21/h4-8,11-14,19,21-22,25H,3,9-10,15-18H2,1-2H3,(H,29,33)/t19-,21+,22+,25-/m1/s1. The monoisotopic (exact) mass is 490 g/mol. The van der Waals surface area contributed by atoms with Crippen molar-refractivity contribution in [2.24, 2.45) is 17.8 Å². The van der Waals surface area contributed by atoms with Crippen LogP contribution in [0.25, 0.3) is 5.69 Å². The third-order valence-corrected chi connectivity index (χ3v) is 8.40. The van der Waals surface area contributed by atoms with Gasteiger partial charge in [0.05, 0.1) is 12.4 Å². The van der Waals surface area contributed by atoms with Gasteiger partial charge in [0.1, 0.15) is 11.6 Å². The number of carbonyl (C=O) groups is 1. The van der Waals surface area contributed by atoms with Gasteiger partial charge in [0.15, 0.2) is 5.16 Å². The number of nitrogens with zero attached hydrogens (tertiary/aromatic N) is 3. The van der Waals surface area contributed by atoms with E-state index in [0.29, 0.717) is 24.7 Å². The van der Waals surface area contributed by atoms with Crippen molar-refractivity contribution in [2.75, 3.05) is 12.4 Å². The van der Waals surface area contributed by atoms with E-state index in [1.807, 2.05) is 49.4 Å². The van der Waals surface area contributed by atoms with E-state index in [0.717, 1.165) is 34.3 Å². The van der Waals surface area contributed by atoms with E-state index in [4.69, 9.17) is 4.74 Å². The summed E-state index contributed by atoms with van der Waals surface area (Å²) in [5, 5.41) is 13.0. The van der Waals surface area contributed by atoms with Gasteiger partial charge in [0, 0.05) is 18.2 Å². The number of fused-ring (bicyclic) bond motifs is 2. The van der Waals surface area contributed by atoms with Crippen molar-refractivity contribution in [3.63, 3.8) is 0 Å². The SMILES string of the molecule is CCOc1ccc(-n2c(Cc3ccccc3)nnc2SCC(=O)N[C@H](C)[C@H]2C[C@H]3CC[C@H]2C3)cc1. The lowest BCUT2D eigenvalue weighted by Crippen LogP contribution is -2.40. The normalized spacial score (nSPS) is 21.7. The zero-order valence-corrected chi connectivity index (χ0v) is 21.3. The van der Waals surface area contributed by atoms with E-state index >= 15 is 0 Å². The van der Waals surface area contributed by atoms with E-state index in [1.54, 1.807) is 0 Å². The predicted octanol–water partition coefficient (Wildman–Crippen LogP) is 5.29. The first kappa shape index (κ1) is 23.9. The molecule has 2 bridgehead atoms. The summed E-state index contributed by atoms with van der Waals surface area (Å²) < 4.78 is 7.67. The molecule has 184 valence electrons. The Hall–Kier alpha value is -2.80. The third kappa shape index (κ3) is 5.56. The van der Waals surface area contributed by atoms with Crippen LogP contribution in [0.3, 0.4) is 0 Å². The van der Waals surface area contributed by atoms with Crippen molar-refractivity contribution in [3.05, 3.63) is 66.0 Å². The minimum Gasteiger partial charge on any atom is -0.494 e. The van der Waals surface area contributed by atoms with Gasteiger partial charge < -0.3 is 10.1 Å². The first-order valence-corrected chi connectivity index (χ1v) is 13.7. The molecule has 2 saturated carbocycles. The summed E-state index contributed by atoms with van der Waals surface area (Å²) in [6.07, 6.45) is 6.00. The maximum atomic E-state index is 12.8. The molecule has 6 nitrogen and oxygen atoms in total. The minimum absolute atomic E-state index is 0.0659. The minimum atomic E-state index is 0.0659. The van der Waals surface area contributed by atoms with Gasteiger partial charge in [0.2, 0.25) is 5.91 Å². The maximum absolute atomic E-state index is 12.8. The number of aromatic nitrogens is 3. The van der Waals surface area contributed by atoms with Gasteiger partial charge in [-0.05, 0) is 80.7 Å². The predicted molar refractivity (Wildman–Crippen MR) is 139 cm³/mol. The van der Waals surface area contributed by atoms with Crippen molar-refractivity contribution < 1.29 is 9.53 Å². The molecule has 2 aromatic carbocycles. The highest BCUT2D eigenvalue weighted by Gasteiger charge is 2.42. The van der Waals surface area contributed by atoms with Crippen molar-refractivity contribution in [2.45, 2.75) is 57.1 Å². The van der Waals surface area contributed by atoms with Gasteiger partial charge in [-0.3, -0.25) is 9.36 Å². The van der Waals surface area contributed by atoms with E-state index in [2.05, 4.69) is 39.1 Å². The van der Waals surface area contributed by atoms with Crippen LogP contribution in [0.4, 0.5) is 0 Å². The van der Waals surface area contributed by atoms with Gasteiger partial charge in [-0.1, -0.05) is 48.5 Å². The number of thioether (sulfide) groups is 1. The quantitative estimate of drug-likeness (QED) is 0.391. The molecule has 4 atom stereocenters. The van der Waals surface area contributed by atoms with Crippen LogP contribution in [-0.4, -0.2) is 39.1 Å². The highest BCUT2D eigenvalue weighted by molar-refractivity contribution is 7.99. The Labute approximate surface area is 211 Å². The molecule has 35 heavy (non-hydrogen) atoms. The molecule has 1 amide bonds. The van der Waals surface area contributed by atoms with E-state index < -0.39 is 0 Å². The zero-order chi connectivity index (χ0) is 24.2. The molecular formula is C28H34N4O2S. The Bertz CT molecular complexity index is 1130. The fourth-order valence-electron chi connectivity index (χ4n) is 5.84. The van der Waals surface area contributed by atoms with Crippen LogP contribution in [-0.2, 0) is 11.2 Å². The highest BCUT2D eigenvalue weighted by atomic mass is 32.2. The number of hydrogen-bond acceptors (Lipinski definition) is 5. The maximum Gasteiger partial charge on any atom is 0.230 e. The van der Waals surface area contributed by atoms with Crippen LogP contribution in [0.5, 0.6) is 5.75 Å². The topological polar surface area (TPSA) is 69.0 Å². The van der Waals surface area contributed by atoms with Crippen molar-refractivity contribution in [3.8, 4) is 11.4 Å². The third-order valence-electron chi connectivity index (χ3n) is 7.47. The van der Waals surface area contributed by atoms with Crippen LogP contribution in [0, 0.1) is 17.8 Å². The second-order valence-electron chi connectivity index (χ2n) is 9.81. The smallest absolute Gasteiger partial charge is 0.230 e. The van der Waals surface area contributed by atoms with Crippen molar-refractivity contribution >= 4 is 17.7 Å². The Morgan fingerprint density at radius 3 is 2.60 bits per heavy atom. The summed E-state index contributed by atoms with van der Waals surface area (Å²) in [6, 6.07) is 18.5. The number of ether oxygens (including phenoxy) is 1. The van der Waals surface area contributed by atoms with Gasteiger partial charge >= 0.3 is 0 Å². The average Bonchev–Trinajstić information content (AvgIpc) is 3.60. The lowest BCUT2D eigenvalue weighted by atomic mass is 9.84. The summed E-state index contributed by atoms with van der Waals surface area (Å²) in [5.41, 5.74) is 2.13. The summed E-state index contributed by atoms with van der Waals surface area (Å²) in [5.74, 6) is 4.38. The van der Waals surface area contributed by atoms with Crippen LogP contribution in [0.15, 0.2) is 59.8 Å². The molecule has 0 radical (unpaired) electrons. The van der Waals surface area contributed by atoms with Crippen LogP contribution in [0.2, 0.25) is 0 Å². The van der Waals surface area contributed by atoms with E-state index in [1.165, 1.54) is 43.0 Å². The molecule has 2 aliphatic rings. The van der Waals surface area contributed by atoms with Crippen molar-refractivity contribution in [1.29, 1.82) is 0 Å².